The molecule has 1 saturated heterocycles. The number of ether oxygens (including phenoxy) is 1. The summed E-state index contributed by atoms with van der Waals surface area (Å²) in [7, 11) is 0. The Kier molecular flexibility index (Phi) is 2.85. The summed E-state index contributed by atoms with van der Waals surface area (Å²) in [5.74, 6) is 1.85. The van der Waals surface area contributed by atoms with Crippen LogP contribution in [0.3, 0.4) is 0 Å². The fourth-order valence-electron chi connectivity index (χ4n) is 3.13. The Morgan fingerprint density at radius 3 is 2.21 bits per heavy atom. The van der Waals surface area contributed by atoms with Crippen molar-refractivity contribution < 1.29 is 9.84 Å². The predicted molar refractivity (Wildman–Crippen MR) is 56.0 cm³/mol. The molecule has 2 rings (SSSR count). The topological polar surface area (TPSA) is 29.5 Å². The molecule has 0 aromatic carbocycles. The summed E-state index contributed by atoms with van der Waals surface area (Å²) in [6.45, 7) is 6.55. The fraction of sp³-hybridized carbons (Fsp3) is 1.00. The Balaban J connectivity index is 2.08. The Morgan fingerprint density at radius 1 is 1.36 bits per heavy atom. The van der Waals surface area contributed by atoms with Crippen LogP contribution in [0.25, 0.3) is 0 Å². The zero-order chi connectivity index (χ0) is 10.2. The largest absolute Gasteiger partial charge is 0.396 e. The summed E-state index contributed by atoms with van der Waals surface area (Å²) >= 11 is 0. The van der Waals surface area contributed by atoms with Crippen LogP contribution in [0.5, 0.6) is 0 Å². The van der Waals surface area contributed by atoms with Crippen molar-refractivity contribution in [1.29, 1.82) is 0 Å². The SMILES string of the molecule is CC(C)C(CO)C1(C2CCC2)COC1. The molecule has 1 atom stereocenters. The van der Waals surface area contributed by atoms with E-state index in [-0.39, 0.29) is 0 Å². The molecule has 2 nitrogen and oxygen atoms in total. The number of rotatable bonds is 4. The third-order valence-electron chi connectivity index (χ3n) is 4.40. The van der Waals surface area contributed by atoms with Gasteiger partial charge in [-0.3, -0.25) is 0 Å². The first-order valence-electron chi connectivity index (χ1n) is 5.89. The van der Waals surface area contributed by atoms with Gasteiger partial charge in [0.05, 0.1) is 13.2 Å². The van der Waals surface area contributed by atoms with Gasteiger partial charge in [0.1, 0.15) is 0 Å². The van der Waals surface area contributed by atoms with Crippen LogP contribution in [-0.4, -0.2) is 24.9 Å². The highest BCUT2D eigenvalue weighted by Crippen LogP contribution is 2.53. The molecular weight excluding hydrogens is 176 g/mol. The minimum absolute atomic E-state index is 0.331. The normalized spacial score (nSPS) is 28.3. The van der Waals surface area contributed by atoms with Crippen molar-refractivity contribution in [2.24, 2.45) is 23.2 Å². The molecule has 0 aromatic heterocycles. The maximum absolute atomic E-state index is 9.51. The molecule has 1 N–H and O–H groups in total. The molecule has 0 radical (unpaired) electrons. The number of aliphatic hydroxyl groups excluding tert-OH is 1. The molecule has 1 saturated carbocycles. The van der Waals surface area contributed by atoms with Gasteiger partial charge in [-0.05, 0) is 30.6 Å². The van der Waals surface area contributed by atoms with Gasteiger partial charge < -0.3 is 9.84 Å². The molecule has 0 aromatic rings. The molecule has 2 heteroatoms. The number of aliphatic hydroxyl groups is 1. The Morgan fingerprint density at radius 2 is 2.00 bits per heavy atom. The van der Waals surface area contributed by atoms with Crippen molar-refractivity contribution in [3.63, 3.8) is 0 Å². The van der Waals surface area contributed by atoms with Crippen molar-refractivity contribution in [1.82, 2.24) is 0 Å². The van der Waals surface area contributed by atoms with Gasteiger partial charge in [-0.15, -0.1) is 0 Å². The first kappa shape index (κ1) is 10.4. The zero-order valence-corrected chi connectivity index (χ0v) is 9.33. The van der Waals surface area contributed by atoms with E-state index < -0.39 is 0 Å². The molecule has 2 aliphatic rings. The fourth-order valence-corrected chi connectivity index (χ4v) is 3.13. The third kappa shape index (κ3) is 1.40. The van der Waals surface area contributed by atoms with Crippen LogP contribution in [0.15, 0.2) is 0 Å². The quantitative estimate of drug-likeness (QED) is 0.749. The van der Waals surface area contributed by atoms with E-state index >= 15 is 0 Å². The predicted octanol–water partition coefficient (Wildman–Crippen LogP) is 2.07. The standard InChI is InChI=1S/C12H22O2/c1-9(2)11(6-13)12(7-14-8-12)10-4-3-5-10/h9-11,13H,3-8H2,1-2H3. The van der Waals surface area contributed by atoms with Gasteiger partial charge in [0.25, 0.3) is 0 Å². The molecule has 1 aliphatic carbocycles. The molecule has 2 fully saturated rings. The van der Waals surface area contributed by atoms with Crippen LogP contribution >= 0.6 is 0 Å². The van der Waals surface area contributed by atoms with Gasteiger partial charge in [-0.25, -0.2) is 0 Å². The van der Waals surface area contributed by atoms with Crippen LogP contribution in [0.4, 0.5) is 0 Å². The van der Waals surface area contributed by atoms with E-state index in [1.165, 1.54) is 19.3 Å². The van der Waals surface area contributed by atoms with Crippen LogP contribution in [0.2, 0.25) is 0 Å². The lowest BCUT2D eigenvalue weighted by atomic mass is 9.56. The first-order valence-corrected chi connectivity index (χ1v) is 5.89. The summed E-state index contributed by atoms with van der Waals surface area (Å²) in [4.78, 5) is 0. The van der Waals surface area contributed by atoms with E-state index in [1.54, 1.807) is 0 Å². The van der Waals surface area contributed by atoms with Gasteiger partial charge in [0, 0.05) is 12.0 Å². The summed E-state index contributed by atoms with van der Waals surface area (Å²) in [6.07, 6.45) is 4.09. The van der Waals surface area contributed by atoms with E-state index in [0.717, 1.165) is 19.1 Å². The molecule has 1 aliphatic heterocycles. The highest BCUT2D eigenvalue weighted by atomic mass is 16.5. The summed E-state index contributed by atoms with van der Waals surface area (Å²) in [5, 5.41) is 9.51. The molecule has 0 spiro atoms. The average Bonchev–Trinajstić information content (AvgIpc) is 1.96. The van der Waals surface area contributed by atoms with Crippen molar-refractivity contribution >= 4 is 0 Å². The molecular formula is C12H22O2. The van der Waals surface area contributed by atoms with E-state index in [4.69, 9.17) is 4.74 Å². The summed E-state index contributed by atoms with van der Waals surface area (Å²) in [6, 6.07) is 0. The molecule has 1 heterocycles. The molecule has 0 amide bonds. The summed E-state index contributed by atoms with van der Waals surface area (Å²) in [5.41, 5.74) is 0.334. The Labute approximate surface area is 86.6 Å². The highest BCUT2D eigenvalue weighted by molar-refractivity contribution is 5.00. The van der Waals surface area contributed by atoms with Gasteiger partial charge >= 0.3 is 0 Å². The van der Waals surface area contributed by atoms with E-state index in [0.29, 0.717) is 23.9 Å². The molecule has 14 heavy (non-hydrogen) atoms. The average molecular weight is 198 g/mol. The van der Waals surface area contributed by atoms with Crippen LogP contribution in [0.1, 0.15) is 33.1 Å². The van der Waals surface area contributed by atoms with Crippen molar-refractivity contribution in [2.45, 2.75) is 33.1 Å². The second kappa shape index (κ2) is 3.82. The van der Waals surface area contributed by atoms with E-state index in [1.807, 2.05) is 0 Å². The van der Waals surface area contributed by atoms with Gasteiger partial charge in [0.2, 0.25) is 0 Å². The zero-order valence-electron chi connectivity index (χ0n) is 9.33. The lowest BCUT2D eigenvalue weighted by molar-refractivity contribution is -0.208. The highest BCUT2D eigenvalue weighted by Gasteiger charge is 2.53. The van der Waals surface area contributed by atoms with E-state index in [2.05, 4.69) is 13.8 Å². The first-order chi connectivity index (χ1) is 6.70. The van der Waals surface area contributed by atoms with Gasteiger partial charge in [-0.2, -0.15) is 0 Å². The van der Waals surface area contributed by atoms with Crippen molar-refractivity contribution in [3.8, 4) is 0 Å². The van der Waals surface area contributed by atoms with Gasteiger partial charge in [0.15, 0.2) is 0 Å². The third-order valence-corrected chi connectivity index (χ3v) is 4.40. The molecule has 1 unspecified atom stereocenters. The maximum Gasteiger partial charge on any atom is 0.0551 e. The smallest absolute Gasteiger partial charge is 0.0551 e. The number of hydrogen-bond donors (Lipinski definition) is 1. The molecule has 82 valence electrons. The second-order valence-electron chi connectivity index (χ2n) is 5.39. The van der Waals surface area contributed by atoms with Crippen LogP contribution in [-0.2, 0) is 4.74 Å². The monoisotopic (exact) mass is 198 g/mol. The van der Waals surface area contributed by atoms with Crippen molar-refractivity contribution in [2.75, 3.05) is 19.8 Å². The maximum atomic E-state index is 9.51. The van der Waals surface area contributed by atoms with Gasteiger partial charge in [-0.1, -0.05) is 20.3 Å². The number of hydrogen-bond acceptors (Lipinski definition) is 2. The lowest BCUT2D eigenvalue weighted by Gasteiger charge is -2.56. The van der Waals surface area contributed by atoms with Crippen LogP contribution < -0.4 is 0 Å². The lowest BCUT2D eigenvalue weighted by Crippen LogP contribution is -2.57. The second-order valence-corrected chi connectivity index (χ2v) is 5.39. The van der Waals surface area contributed by atoms with Crippen molar-refractivity contribution in [3.05, 3.63) is 0 Å². The molecule has 0 bridgehead atoms. The Hall–Kier alpha value is -0.0800. The van der Waals surface area contributed by atoms with E-state index in [9.17, 15) is 5.11 Å². The minimum Gasteiger partial charge on any atom is -0.396 e. The minimum atomic E-state index is 0.331. The summed E-state index contributed by atoms with van der Waals surface area (Å²) < 4.78 is 5.42. The van der Waals surface area contributed by atoms with Crippen LogP contribution in [0, 0.1) is 23.2 Å². The Bertz CT molecular complexity index is 192.